The fourth-order valence-corrected chi connectivity index (χ4v) is 4.07. The lowest BCUT2D eigenvalue weighted by Crippen LogP contribution is -2.51. The highest BCUT2D eigenvalue weighted by Crippen LogP contribution is 2.38. The van der Waals surface area contributed by atoms with Gasteiger partial charge in [0, 0.05) is 19.1 Å². The predicted octanol–water partition coefficient (Wildman–Crippen LogP) is 3.18. The molecule has 3 nitrogen and oxygen atoms in total. The van der Waals surface area contributed by atoms with Crippen LogP contribution in [0.4, 0.5) is 0 Å². The molecule has 1 amide bonds. The van der Waals surface area contributed by atoms with Gasteiger partial charge in [0.05, 0.1) is 5.92 Å². The molecule has 0 aromatic rings. The van der Waals surface area contributed by atoms with Gasteiger partial charge in [0.15, 0.2) is 0 Å². The predicted molar refractivity (Wildman–Crippen MR) is 83.3 cm³/mol. The molecule has 2 aliphatic carbocycles. The summed E-state index contributed by atoms with van der Waals surface area (Å²) in [5.74, 6) is 0.784. The molecule has 3 heteroatoms. The van der Waals surface area contributed by atoms with E-state index in [1.165, 1.54) is 19.3 Å². The van der Waals surface area contributed by atoms with Crippen molar-refractivity contribution < 1.29 is 4.79 Å². The van der Waals surface area contributed by atoms with E-state index in [-0.39, 0.29) is 12.0 Å². The van der Waals surface area contributed by atoms with Crippen molar-refractivity contribution in [2.45, 2.75) is 77.8 Å². The third-order valence-electron chi connectivity index (χ3n) is 5.76. The Bertz CT molecular complexity index is 333. The van der Waals surface area contributed by atoms with Crippen LogP contribution in [0.25, 0.3) is 0 Å². The molecule has 0 aromatic carbocycles. The molecular formula is C17H32N2O. The number of carbonyl (C=O) groups excluding carboxylic acids is 1. The normalized spacial score (nSPS) is 34.8. The van der Waals surface area contributed by atoms with Gasteiger partial charge < -0.3 is 10.6 Å². The van der Waals surface area contributed by atoms with Crippen LogP contribution in [0.1, 0.15) is 65.7 Å². The number of hydrogen-bond donors (Lipinski definition) is 1. The van der Waals surface area contributed by atoms with E-state index in [0.717, 1.165) is 25.7 Å². The van der Waals surface area contributed by atoms with Crippen LogP contribution in [0.5, 0.6) is 0 Å². The average Bonchev–Trinajstić information content (AvgIpc) is 2.37. The topological polar surface area (TPSA) is 46.3 Å². The first kappa shape index (κ1) is 15.8. The van der Waals surface area contributed by atoms with Crippen LogP contribution in [0.15, 0.2) is 0 Å². The SMILES string of the molecule is CC1CCCC(N)C1C(=O)N(C)C1CCC(C)(C)CC1. The second kappa shape index (κ2) is 6.05. The van der Waals surface area contributed by atoms with Gasteiger partial charge in [0.1, 0.15) is 0 Å². The molecule has 2 aliphatic rings. The molecule has 2 saturated carbocycles. The Morgan fingerprint density at radius 2 is 1.75 bits per heavy atom. The van der Waals surface area contributed by atoms with Crippen LogP contribution < -0.4 is 5.73 Å². The third-order valence-corrected chi connectivity index (χ3v) is 5.76. The van der Waals surface area contributed by atoms with Crippen molar-refractivity contribution in [2.24, 2.45) is 23.0 Å². The van der Waals surface area contributed by atoms with Gasteiger partial charge in [-0.1, -0.05) is 27.2 Å². The first-order chi connectivity index (χ1) is 9.32. The fourth-order valence-electron chi connectivity index (χ4n) is 4.07. The number of carbonyl (C=O) groups is 1. The molecule has 0 spiro atoms. The molecule has 20 heavy (non-hydrogen) atoms. The molecule has 2 N–H and O–H groups in total. The summed E-state index contributed by atoms with van der Waals surface area (Å²) in [5.41, 5.74) is 6.69. The molecule has 3 unspecified atom stereocenters. The van der Waals surface area contributed by atoms with Crippen LogP contribution in [0.3, 0.4) is 0 Å². The van der Waals surface area contributed by atoms with Crippen molar-refractivity contribution in [1.82, 2.24) is 4.90 Å². The third kappa shape index (κ3) is 3.36. The number of nitrogens with zero attached hydrogens (tertiary/aromatic N) is 1. The maximum Gasteiger partial charge on any atom is 0.227 e. The smallest absolute Gasteiger partial charge is 0.227 e. The van der Waals surface area contributed by atoms with E-state index >= 15 is 0 Å². The molecule has 0 aromatic heterocycles. The summed E-state index contributed by atoms with van der Waals surface area (Å²) >= 11 is 0. The number of rotatable bonds is 2. The molecular weight excluding hydrogens is 248 g/mol. The van der Waals surface area contributed by atoms with E-state index in [0.29, 0.717) is 23.3 Å². The van der Waals surface area contributed by atoms with Crippen molar-refractivity contribution in [3.05, 3.63) is 0 Å². The van der Waals surface area contributed by atoms with Crippen molar-refractivity contribution in [2.75, 3.05) is 7.05 Å². The summed E-state index contributed by atoms with van der Waals surface area (Å²) in [6.07, 6.45) is 8.07. The van der Waals surface area contributed by atoms with Crippen LogP contribution in [-0.4, -0.2) is 29.9 Å². The highest BCUT2D eigenvalue weighted by Gasteiger charge is 2.38. The summed E-state index contributed by atoms with van der Waals surface area (Å²) in [7, 11) is 2.00. The fraction of sp³-hybridized carbons (Fsp3) is 0.941. The monoisotopic (exact) mass is 280 g/mol. The average molecular weight is 280 g/mol. The first-order valence-electron chi connectivity index (χ1n) is 8.34. The molecule has 0 radical (unpaired) electrons. The maximum atomic E-state index is 12.8. The highest BCUT2D eigenvalue weighted by molar-refractivity contribution is 5.80. The zero-order valence-electron chi connectivity index (χ0n) is 13.7. The Labute approximate surface area is 124 Å². The second-order valence-electron chi connectivity index (χ2n) is 7.94. The summed E-state index contributed by atoms with van der Waals surface area (Å²) < 4.78 is 0. The van der Waals surface area contributed by atoms with Gasteiger partial charge in [-0.05, 0) is 49.9 Å². The Kier molecular flexibility index (Phi) is 4.78. The second-order valence-corrected chi connectivity index (χ2v) is 7.94. The summed E-state index contributed by atoms with van der Waals surface area (Å²) in [6.45, 7) is 6.87. The number of amides is 1. The zero-order chi connectivity index (χ0) is 14.9. The number of nitrogens with two attached hydrogens (primary N) is 1. The quantitative estimate of drug-likeness (QED) is 0.844. The lowest BCUT2D eigenvalue weighted by molar-refractivity contribution is -0.140. The molecule has 2 fully saturated rings. The van der Waals surface area contributed by atoms with Gasteiger partial charge in [-0.25, -0.2) is 0 Å². The Hall–Kier alpha value is -0.570. The number of hydrogen-bond acceptors (Lipinski definition) is 2. The minimum atomic E-state index is 0.0451. The van der Waals surface area contributed by atoms with Crippen molar-refractivity contribution in [1.29, 1.82) is 0 Å². The van der Waals surface area contributed by atoms with Crippen LogP contribution >= 0.6 is 0 Å². The minimum absolute atomic E-state index is 0.0451. The standard InChI is InChI=1S/C17H32N2O/c1-12-6-5-7-14(18)15(12)16(20)19(4)13-8-10-17(2,3)11-9-13/h12-15H,5-11,18H2,1-4H3. The van der Waals surface area contributed by atoms with E-state index < -0.39 is 0 Å². The Morgan fingerprint density at radius 1 is 1.15 bits per heavy atom. The van der Waals surface area contributed by atoms with Crippen LogP contribution in [0.2, 0.25) is 0 Å². The van der Waals surface area contributed by atoms with Crippen LogP contribution in [-0.2, 0) is 4.79 Å². The Balaban J connectivity index is 1.98. The molecule has 116 valence electrons. The van der Waals surface area contributed by atoms with Gasteiger partial charge in [0.2, 0.25) is 5.91 Å². The molecule has 0 heterocycles. The lowest BCUT2D eigenvalue weighted by Gasteiger charge is -2.42. The van der Waals surface area contributed by atoms with Gasteiger partial charge >= 0.3 is 0 Å². The summed E-state index contributed by atoms with van der Waals surface area (Å²) in [4.78, 5) is 14.9. The highest BCUT2D eigenvalue weighted by atomic mass is 16.2. The maximum absolute atomic E-state index is 12.8. The van der Waals surface area contributed by atoms with Crippen LogP contribution in [0, 0.1) is 17.3 Å². The van der Waals surface area contributed by atoms with Gasteiger partial charge in [-0.2, -0.15) is 0 Å². The van der Waals surface area contributed by atoms with E-state index in [1.807, 2.05) is 11.9 Å². The van der Waals surface area contributed by atoms with Crippen molar-refractivity contribution in [3.63, 3.8) is 0 Å². The van der Waals surface area contributed by atoms with E-state index in [9.17, 15) is 4.79 Å². The molecule has 2 rings (SSSR count). The first-order valence-corrected chi connectivity index (χ1v) is 8.34. The van der Waals surface area contributed by atoms with Gasteiger partial charge in [-0.15, -0.1) is 0 Å². The van der Waals surface area contributed by atoms with Crippen molar-refractivity contribution in [3.8, 4) is 0 Å². The van der Waals surface area contributed by atoms with Gasteiger partial charge in [-0.3, -0.25) is 4.79 Å². The Morgan fingerprint density at radius 3 is 2.30 bits per heavy atom. The minimum Gasteiger partial charge on any atom is -0.342 e. The summed E-state index contributed by atoms with van der Waals surface area (Å²) in [6, 6.07) is 0.491. The largest absolute Gasteiger partial charge is 0.342 e. The van der Waals surface area contributed by atoms with Gasteiger partial charge in [0.25, 0.3) is 0 Å². The molecule has 0 aliphatic heterocycles. The van der Waals surface area contributed by atoms with E-state index in [2.05, 4.69) is 20.8 Å². The van der Waals surface area contributed by atoms with E-state index in [4.69, 9.17) is 5.73 Å². The molecule has 0 saturated heterocycles. The molecule has 0 bridgehead atoms. The van der Waals surface area contributed by atoms with Crippen molar-refractivity contribution >= 4 is 5.91 Å². The molecule has 3 atom stereocenters. The lowest BCUT2D eigenvalue weighted by atomic mass is 9.74. The zero-order valence-corrected chi connectivity index (χ0v) is 13.7. The van der Waals surface area contributed by atoms with E-state index in [1.54, 1.807) is 0 Å². The summed E-state index contributed by atoms with van der Waals surface area (Å²) in [5, 5.41) is 0.